The van der Waals surface area contributed by atoms with Crippen molar-refractivity contribution in [3.8, 4) is 5.75 Å². The van der Waals surface area contributed by atoms with Gasteiger partial charge < -0.3 is 9.47 Å². The van der Waals surface area contributed by atoms with Crippen molar-refractivity contribution in [3.05, 3.63) is 23.8 Å². The van der Waals surface area contributed by atoms with Crippen LogP contribution in [-0.2, 0) is 13.8 Å². The number of halogens is 3. The van der Waals surface area contributed by atoms with E-state index in [1.54, 1.807) is 0 Å². The van der Waals surface area contributed by atoms with Gasteiger partial charge >= 0.3 is 0 Å². The Kier molecular flexibility index (Phi) is 6.64. The van der Waals surface area contributed by atoms with Crippen molar-refractivity contribution in [2.75, 3.05) is 19.8 Å². The number of benzene rings is 1. The van der Waals surface area contributed by atoms with Gasteiger partial charge in [0, 0.05) is 17.3 Å². The van der Waals surface area contributed by atoms with Gasteiger partial charge in [-0.1, -0.05) is 13.3 Å². The predicted molar refractivity (Wildman–Crippen MR) is 70.6 cm³/mol. The molecule has 114 valence electrons. The topological polar surface area (TPSA) is 52.6 Å². The zero-order valence-corrected chi connectivity index (χ0v) is 12.4. The molecule has 0 N–H and O–H groups in total. The fourth-order valence-corrected chi connectivity index (χ4v) is 2.12. The highest BCUT2D eigenvalue weighted by Gasteiger charge is 2.18. The molecule has 1 aromatic rings. The van der Waals surface area contributed by atoms with Crippen LogP contribution in [0.2, 0.25) is 0 Å². The molecule has 0 aliphatic rings. The molecule has 0 fully saturated rings. The van der Waals surface area contributed by atoms with E-state index in [1.165, 1.54) is 0 Å². The average molecular weight is 329 g/mol. The number of rotatable bonds is 8. The Hall–Kier alpha value is -0.920. The van der Waals surface area contributed by atoms with E-state index in [1.807, 2.05) is 6.92 Å². The van der Waals surface area contributed by atoms with Crippen LogP contribution in [-0.4, -0.2) is 28.2 Å². The number of hydrogen-bond acceptors (Lipinski definition) is 4. The molecule has 0 amide bonds. The first-order valence-electron chi connectivity index (χ1n) is 6.00. The van der Waals surface area contributed by atoms with Gasteiger partial charge in [0.15, 0.2) is 17.4 Å². The maximum atomic E-state index is 13.5. The largest absolute Gasteiger partial charge is 0.485 e. The van der Waals surface area contributed by atoms with Crippen LogP contribution in [0.1, 0.15) is 19.8 Å². The highest BCUT2D eigenvalue weighted by molar-refractivity contribution is 8.13. The summed E-state index contributed by atoms with van der Waals surface area (Å²) in [6.07, 6.45) is 1.88. The first kappa shape index (κ1) is 17.1. The highest BCUT2D eigenvalue weighted by atomic mass is 35.7. The number of unbranched alkanes of at least 4 members (excludes halogenated alkanes) is 1. The van der Waals surface area contributed by atoms with Crippen LogP contribution in [0.25, 0.3) is 0 Å². The Balaban J connectivity index is 2.63. The molecule has 0 saturated carbocycles. The first-order chi connectivity index (χ1) is 9.36. The van der Waals surface area contributed by atoms with Crippen molar-refractivity contribution >= 4 is 19.7 Å². The molecule has 0 heterocycles. The summed E-state index contributed by atoms with van der Waals surface area (Å²) in [4.78, 5) is -0.652. The third-order valence-corrected chi connectivity index (χ3v) is 3.70. The standard InChI is InChI=1S/C12H15ClF2O4S/c1-2-3-4-18-5-6-19-12-10(14)7-9(8-11(12)15)20(13,16)17/h7-8H,2-6H2,1H3. The van der Waals surface area contributed by atoms with E-state index in [4.69, 9.17) is 20.2 Å². The zero-order valence-electron chi connectivity index (χ0n) is 10.9. The van der Waals surface area contributed by atoms with Crippen LogP contribution in [0.4, 0.5) is 8.78 Å². The molecule has 0 spiro atoms. The van der Waals surface area contributed by atoms with Crippen LogP contribution in [0, 0.1) is 11.6 Å². The minimum absolute atomic E-state index is 0.0372. The summed E-state index contributed by atoms with van der Waals surface area (Å²) in [6.45, 7) is 2.71. The molecule has 1 rings (SSSR count). The van der Waals surface area contributed by atoms with E-state index in [2.05, 4.69) is 0 Å². The SMILES string of the molecule is CCCCOCCOc1c(F)cc(S(=O)(=O)Cl)cc1F. The number of hydrogen-bond donors (Lipinski definition) is 0. The minimum Gasteiger partial charge on any atom is -0.485 e. The van der Waals surface area contributed by atoms with Crippen LogP contribution >= 0.6 is 10.7 Å². The van der Waals surface area contributed by atoms with E-state index < -0.39 is 31.3 Å². The van der Waals surface area contributed by atoms with Crippen molar-refractivity contribution in [2.45, 2.75) is 24.7 Å². The molecule has 0 atom stereocenters. The third-order valence-electron chi connectivity index (χ3n) is 2.37. The maximum absolute atomic E-state index is 13.5. The van der Waals surface area contributed by atoms with Gasteiger partial charge in [0.1, 0.15) is 6.61 Å². The van der Waals surface area contributed by atoms with Gasteiger partial charge in [-0.25, -0.2) is 17.2 Å². The predicted octanol–water partition coefficient (Wildman–Crippen LogP) is 3.09. The molecule has 0 aromatic heterocycles. The summed E-state index contributed by atoms with van der Waals surface area (Å²) < 4.78 is 59.1. The van der Waals surface area contributed by atoms with E-state index in [0.717, 1.165) is 12.8 Å². The zero-order chi connectivity index (χ0) is 15.2. The van der Waals surface area contributed by atoms with Gasteiger partial charge in [0.05, 0.1) is 11.5 Å². The van der Waals surface area contributed by atoms with Gasteiger partial charge in [-0.2, -0.15) is 0 Å². The molecule has 4 nitrogen and oxygen atoms in total. The molecule has 0 unspecified atom stereocenters. The van der Waals surface area contributed by atoms with Crippen LogP contribution < -0.4 is 4.74 Å². The third kappa shape index (κ3) is 5.22. The molecule has 0 aliphatic heterocycles. The van der Waals surface area contributed by atoms with Gasteiger partial charge in [0.2, 0.25) is 0 Å². The smallest absolute Gasteiger partial charge is 0.261 e. The second-order valence-electron chi connectivity index (χ2n) is 3.97. The summed E-state index contributed by atoms with van der Waals surface area (Å²) in [5, 5.41) is 0. The average Bonchev–Trinajstić information content (AvgIpc) is 2.34. The molecule has 8 heteroatoms. The van der Waals surface area contributed by atoms with Gasteiger partial charge in [-0.3, -0.25) is 0 Å². The lowest BCUT2D eigenvalue weighted by Crippen LogP contribution is -2.09. The monoisotopic (exact) mass is 328 g/mol. The van der Waals surface area contributed by atoms with E-state index >= 15 is 0 Å². The maximum Gasteiger partial charge on any atom is 0.261 e. The minimum atomic E-state index is -4.19. The van der Waals surface area contributed by atoms with Crippen molar-refractivity contribution in [1.82, 2.24) is 0 Å². The highest BCUT2D eigenvalue weighted by Crippen LogP contribution is 2.27. The summed E-state index contributed by atoms with van der Waals surface area (Å²) in [5.41, 5.74) is 0. The van der Waals surface area contributed by atoms with Gasteiger partial charge in [-0.05, 0) is 18.6 Å². The number of ether oxygens (including phenoxy) is 2. The van der Waals surface area contributed by atoms with Crippen LogP contribution in [0.3, 0.4) is 0 Å². The fourth-order valence-electron chi connectivity index (χ4n) is 1.37. The molecule has 1 aromatic carbocycles. The molecule has 0 aliphatic carbocycles. The van der Waals surface area contributed by atoms with E-state index in [-0.39, 0.29) is 13.2 Å². The Morgan fingerprint density at radius 1 is 1.15 bits per heavy atom. The Morgan fingerprint density at radius 2 is 1.75 bits per heavy atom. The summed E-state index contributed by atoms with van der Waals surface area (Å²) in [5.74, 6) is -2.90. The molecule has 0 saturated heterocycles. The van der Waals surface area contributed by atoms with Gasteiger partial charge in [-0.15, -0.1) is 0 Å². The Bertz CT molecular complexity index is 525. The Morgan fingerprint density at radius 3 is 2.25 bits per heavy atom. The van der Waals surface area contributed by atoms with Crippen molar-refractivity contribution in [1.29, 1.82) is 0 Å². The Labute approximate surface area is 121 Å². The molecule has 0 radical (unpaired) electrons. The molecule has 0 bridgehead atoms. The summed E-state index contributed by atoms with van der Waals surface area (Å²) in [7, 11) is 0.820. The quantitative estimate of drug-likeness (QED) is 0.543. The van der Waals surface area contributed by atoms with Crippen molar-refractivity contribution < 1.29 is 26.7 Å². The fraction of sp³-hybridized carbons (Fsp3) is 0.500. The molecular formula is C12H15ClF2O4S. The lowest BCUT2D eigenvalue weighted by atomic mass is 10.3. The molecular weight excluding hydrogens is 314 g/mol. The summed E-state index contributed by atoms with van der Waals surface area (Å²) in [6, 6.07) is 1.22. The van der Waals surface area contributed by atoms with Crippen molar-refractivity contribution in [2.24, 2.45) is 0 Å². The van der Waals surface area contributed by atoms with E-state index in [0.29, 0.717) is 18.7 Å². The summed E-state index contributed by atoms with van der Waals surface area (Å²) >= 11 is 0. The normalized spacial score (nSPS) is 11.6. The lowest BCUT2D eigenvalue weighted by molar-refractivity contribution is 0.0951. The second-order valence-corrected chi connectivity index (χ2v) is 6.53. The van der Waals surface area contributed by atoms with Crippen LogP contribution in [0.5, 0.6) is 5.75 Å². The first-order valence-corrected chi connectivity index (χ1v) is 8.31. The van der Waals surface area contributed by atoms with Crippen LogP contribution in [0.15, 0.2) is 17.0 Å². The lowest BCUT2D eigenvalue weighted by Gasteiger charge is -2.09. The molecule has 20 heavy (non-hydrogen) atoms. The van der Waals surface area contributed by atoms with E-state index in [9.17, 15) is 17.2 Å². The second kappa shape index (κ2) is 7.75. The van der Waals surface area contributed by atoms with Crippen molar-refractivity contribution in [3.63, 3.8) is 0 Å². The van der Waals surface area contributed by atoms with Gasteiger partial charge in [0.25, 0.3) is 9.05 Å².